The number of rotatable bonds is 5. The summed E-state index contributed by atoms with van der Waals surface area (Å²) in [4.78, 5) is 11.2. The second-order valence-corrected chi connectivity index (χ2v) is 6.44. The Balaban J connectivity index is 4.76. The maximum Gasteiger partial charge on any atom is 0.422 e. The summed E-state index contributed by atoms with van der Waals surface area (Å²) in [6, 6.07) is 0. The van der Waals surface area contributed by atoms with Crippen LogP contribution in [0, 0.1) is 0 Å². The van der Waals surface area contributed by atoms with Gasteiger partial charge in [0.25, 0.3) is 0 Å². The highest BCUT2D eigenvalue weighted by Crippen LogP contribution is 2.17. The summed E-state index contributed by atoms with van der Waals surface area (Å²) in [5.41, 5.74) is -0.800. The number of nitrogens with zero attached hydrogens (tertiary/aromatic N) is 1. The van der Waals surface area contributed by atoms with Gasteiger partial charge >= 0.3 is 16.3 Å². The Morgan fingerprint density at radius 1 is 1.47 bits per heavy atom. The van der Waals surface area contributed by atoms with E-state index in [1.54, 1.807) is 32.4 Å². The number of alkyl halides is 1. The van der Waals surface area contributed by atoms with Crippen molar-refractivity contribution < 1.29 is 17.9 Å². The number of carbonyl (C=O) groups excluding carboxylic acids is 1. The Kier molecular flexibility index (Phi) is 5.70. The molecule has 0 aliphatic rings. The zero-order valence-corrected chi connectivity index (χ0v) is 12.2. The van der Waals surface area contributed by atoms with Gasteiger partial charge in [-0.05, 0) is 27.7 Å². The monoisotopic (exact) mass is 286 g/mol. The summed E-state index contributed by atoms with van der Waals surface area (Å²) < 4.78 is 31.1. The fourth-order valence-electron chi connectivity index (χ4n) is 0.821. The summed E-state index contributed by atoms with van der Waals surface area (Å²) in [5, 5.41) is 0. The van der Waals surface area contributed by atoms with Gasteiger partial charge in [-0.15, -0.1) is 11.6 Å². The van der Waals surface area contributed by atoms with Crippen molar-refractivity contribution in [2.24, 2.45) is 0 Å². The first kappa shape index (κ1) is 16.5. The molecule has 0 bridgehead atoms. The third kappa shape index (κ3) is 5.10. The highest BCUT2D eigenvalue weighted by molar-refractivity contribution is 7.87. The first-order chi connectivity index (χ1) is 7.53. The van der Waals surface area contributed by atoms with Gasteiger partial charge in [-0.3, -0.25) is 0 Å². The molecule has 0 saturated heterocycles. The molecule has 0 unspecified atom stereocenters. The molecule has 1 N–H and O–H groups in total. The predicted molar refractivity (Wildman–Crippen MR) is 66.2 cm³/mol. The number of hydrogen-bond donors (Lipinski definition) is 1. The van der Waals surface area contributed by atoms with Gasteiger partial charge in [-0.25, -0.2) is 9.52 Å². The first-order valence-electron chi connectivity index (χ1n) is 5.06. The van der Waals surface area contributed by atoms with Crippen LogP contribution >= 0.6 is 11.6 Å². The molecule has 0 aliphatic carbocycles. The summed E-state index contributed by atoms with van der Waals surface area (Å²) >= 11 is 5.66. The molecule has 0 aromatic rings. The van der Waals surface area contributed by atoms with Crippen molar-refractivity contribution in [3.05, 3.63) is 0 Å². The van der Waals surface area contributed by atoms with Gasteiger partial charge in [0.1, 0.15) is 0 Å². The average Bonchev–Trinajstić information content (AvgIpc) is 2.14. The molecule has 8 heteroatoms. The van der Waals surface area contributed by atoms with Crippen LogP contribution in [0.2, 0.25) is 0 Å². The Hall–Kier alpha value is -0.530. The van der Waals surface area contributed by atoms with E-state index in [1.807, 2.05) is 0 Å². The molecule has 0 saturated carbocycles. The van der Waals surface area contributed by atoms with Crippen LogP contribution < -0.4 is 4.72 Å². The third-order valence-corrected chi connectivity index (χ3v) is 4.39. The van der Waals surface area contributed by atoms with Crippen LogP contribution in [-0.2, 0) is 14.9 Å². The maximum atomic E-state index is 11.8. The number of nitrogens with one attached hydrogen (secondary N) is 1. The van der Waals surface area contributed by atoms with E-state index >= 15 is 0 Å². The standard InChI is InChI=1S/C9H19ClN2O4S/c1-7(2)16-8(13)11-17(14,15)12(5)9(3,4)6-10/h7H,6H2,1-5H3,(H,11,13). The first-order valence-corrected chi connectivity index (χ1v) is 7.03. The molecule has 6 nitrogen and oxygen atoms in total. The van der Waals surface area contributed by atoms with Crippen molar-refractivity contribution in [2.75, 3.05) is 12.9 Å². The van der Waals surface area contributed by atoms with Crippen molar-refractivity contribution in [2.45, 2.75) is 39.3 Å². The quantitative estimate of drug-likeness (QED) is 0.773. The van der Waals surface area contributed by atoms with Crippen LogP contribution in [0.1, 0.15) is 27.7 Å². The fourth-order valence-corrected chi connectivity index (χ4v) is 2.18. The number of hydrogen-bond acceptors (Lipinski definition) is 4. The van der Waals surface area contributed by atoms with Gasteiger partial charge in [-0.2, -0.15) is 12.7 Å². The Morgan fingerprint density at radius 3 is 2.29 bits per heavy atom. The van der Waals surface area contributed by atoms with Gasteiger partial charge in [-0.1, -0.05) is 0 Å². The summed E-state index contributed by atoms with van der Waals surface area (Å²) in [6.07, 6.45) is -1.39. The molecule has 0 aromatic heterocycles. The Labute approximate surface area is 107 Å². The van der Waals surface area contributed by atoms with Crippen LogP contribution in [0.4, 0.5) is 4.79 Å². The van der Waals surface area contributed by atoms with E-state index in [0.29, 0.717) is 0 Å². The van der Waals surface area contributed by atoms with E-state index in [4.69, 9.17) is 16.3 Å². The van der Waals surface area contributed by atoms with Crippen molar-refractivity contribution in [1.82, 2.24) is 9.03 Å². The second kappa shape index (κ2) is 5.88. The van der Waals surface area contributed by atoms with Crippen LogP contribution in [0.3, 0.4) is 0 Å². The Bertz CT molecular complexity index is 367. The molecule has 0 aromatic carbocycles. The number of ether oxygens (including phenoxy) is 1. The molecule has 0 atom stereocenters. The van der Waals surface area contributed by atoms with Crippen molar-refractivity contribution >= 4 is 27.9 Å². The smallest absolute Gasteiger partial charge is 0.422 e. The lowest BCUT2D eigenvalue weighted by molar-refractivity contribution is 0.120. The van der Waals surface area contributed by atoms with Gasteiger partial charge in [0.15, 0.2) is 0 Å². The molecule has 0 rings (SSSR count). The highest BCUT2D eigenvalue weighted by Gasteiger charge is 2.33. The lowest BCUT2D eigenvalue weighted by Crippen LogP contribution is -2.52. The summed E-state index contributed by atoms with van der Waals surface area (Å²) in [5.74, 6) is 0.101. The van der Waals surface area contributed by atoms with E-state index in [9.17, 15) is 13.2 Å². The topological polar surface area (TPSA) is 75.7 Å². The zero-order chi connectivity index (χ0) is 13.9. The van der Waals surface area contributed by atoms with Crippen LogP contribution in [0.25, 0.3) is 0 Å². The molecule has 0 radical (unpaired) electrons. The molecular formula is C9H19ClN2O4S. The average molecular weight is 287 g/mol. The minimum atomic E-state index is -3.95. The minimum Gasteiger partial charge on any atom is -0.446 e. The fraction of sp³-hybridized carbons (Fsp3) is 0.889. The molecule has 1 amide bonds. The van der Waals surface area contributed by atoms with Crippen LogP contribution in [-0.4, -0.2) is 43.4 Å². The molecule has 0 aliphatic heterocycles. The molecule has 0 spiro atoms. The SMILES string of the molecule is CC(C)OC(=O)NS(=O)(=O)N(C)C(C)(C)CCl. The van der Waals surface area contributed by atoms with Crippen molar-refractivity contribution in [3.63, 3.8) is 0 Å². The molecule has 17 heavy (non-hydrogen) atoms. The lowest BCUT2D eigenvalue weighted by atomic mass is 10.1. The van der Waals surface area contributed by atoms with Gasteiger partial charge in [0.2, 0.25) is 0 Å². The van der Waals surface area contributed by atoms with Gasteiger partial charge < -0.3 is 4.74 Å². The minimum absolute atomic E-state index is 0.101. The van der Waals surface area contributed by atoms with Gasteiger partial charge in [0.05, 0.1) is 6.10 Å². The maximum absolute atomic E-state index is 11.8. The normalized spacial score (nSPS) is 12.9. The van der Waals surface area contributed by atoms with E-state index in [1.165, 1.54) is 7.05 Å². The zero-order valence-electron chi connectivity index (χ0n) is 10.7. The van der Waals surface area contributed by atoms with E-state index < -0.39 is 27.9 Å². The van der Waals surface area contributed by atoms with E-state index in [0.717, 1.165) is 4.31 Å². The van der Waals surface area contributed by atoms with Gasteiger partial charge in [0, 0.05) is 18.5 Å². The number of amides is 1. The summed E-state index contributed by atoms with van der Waals surface area (Å²) in [6.45, 7) is 6.54. The Morgan fingerprint density at radius 2 is 1.94 bits per heavy atom. The number of halogens is 1. The lowest BCUT2D eigenvalue weighted by Gasteiger charge is -2.32. The number of carbonyl (C=O) groups is 1. The summed E-state index contributed by atoms with van der Waals surface area (Å²) in [7, 11) is -2.61. The molecule has 0 heterocycles. The molecule has 0 fully saturated rings. The second-order valence-electron chi connectivity index (χ2n) is 4.47. The molecule has 102 valence electrons. The van der Waals surface area contributed by atoms with Crippen molar-refractivity contribution in [1.29, 1.82) is 0 Å². The third-order valence-electron chi connectivity index (χ3n) is 2.10. The highest BCUT2D eigenvalue weighted by atomic mass is 35.5. The van der Waals surface area contributed by atoms with Crippen molar-refractivity contribution in [3.8, 4) is 0 Å². The largest absolute Gasteiger partial charge is 0.446 e. The predicted octanol–water partition coefficient (Wildman–Crippen LogP) is 1.31. The molecular weight excluding hydrogens is 268 g/mol. The van der Waals surface area contributed by atoms with E-state index in [2.05, 4.69) is 0 Å². The van der Waals surface area contributed by atoms with Crippen LogP contribution in [0.15, 0.2) is 0 Å². The van der Waals surface area contributed by atoms with E-state index in [-0.39, 0.29) is 5.88 Å². The van der Waals surface area contributed by atoms with Crippen LogP contribution in [0.5, 0.6) is 0 Å².